The van der Waals surface area contributed by atoms with E-state index in [1.54, 1.807) is 37.4 Å². The van der Waals surface area contributed by atoms with E-state index in [0.717, 1.165) is 33.4 Å². The zero-order valence-corrected chi connectivity index (χ0v) is 65.0. The Bertz CT molecular complexity index is 4160. The summed E-state index contributed by atoms with van der Waals surface area (Å²) < 4.78 is 14.0. The number of aliphatic imine (C=N–C) groups is 1. The number of aliphatic hydroxyl groups excluding tert-OH is 1. The van der Waals surface area contributed by atoms with Gasteiger partial charge in [0.2, 0.25) is 6.08 Å². The standard InChI is InChI=1S/C48H45NO4S2.C41H36OS2.C7H9NO3/c1-37(2)45(50)52-34-33-49-46(51)53-44(35-54-47(38-21-9-3-10-22-38,39-23-11-4-12-24-39)40-25-13-5-14-26-40)36-55-48(41-27-15-6-16-28-41,42-29-17-7-18-30-42)43-31-19-8-20-32-43;42-39(31-43-40(33-19-7-1-8-20-33,34-21-9-2-10-22-34)35-23-11-3-12-24-35)32-44-41(36-25-13-4-14-26-36,37-27-15-5-16-28-37)38-29-17-6-18-30-38;1-6(2)7(10)11-4-3-8-5-9/h3-32,44H,1,33-36H2,2H3,(H,49,51);1-30,39,42H,31-32H2;1,3-4H2,2H3. The molecule has 0 bridgehead atoms. The van der Waals surface area contributed by atoms with Crippen molar-refractivity contribution in [3.05, 3.63) is 455 Å². The first-order chi connectivity index (χ1) is 53.8. The van der Waals surface area contributed by atoms with Crippen LogP contribution in [0.3, 0.4) is 0 Å². The van der Waals surface area contributed by atoms with E-state index in [1.807, 2.05) is 59.9 Å². The van der Waals surface area contributed by atoms with Gasteiger partial charge in [-0.1, -0.05) is 377 Å². The molecule has 556 valence electrons. The lowest BCUT2D eigenvalue weighted by Gasteiger charge is -2.38. The van der Waals surface area contributed by atoms with E-state index in [1.165, 1.54) is 39.5 Å². The van der Waals surface area contributed by atoms with Gasteiger partial charge < -0.3 is 24.6 Å². The third-order valence-electron chi connectivity index (χ3n) is 18.2. The van der Waals surface area contributed by atoms with Gasteiger partial charge >= 0.3 is 18.0 Å². The molecule has 12 rings (SSSR count). The molecule has 14 heteroatoms. The Kier molecular flexibility index (Phi) is 31.3. The molecule has 12 aromatic rings. The number of alkyl carbamates (subject to hydrolysis) is 1. The second kappa shape index (κ2) is 42.1. The van der Waals surface area contributed by atoms with Gasteiger partial charge in [-0.3, -0.25) is 0 Å². The summed E-state index contributed by atoms with van der Waals surface area (Å²) in [5, 5.41) is 14.6. The van der Waals surface area contributed by atoms with E-state index >= 15 is 0 Å². The minimum Gasteiger partial charge on any atom is -0.460 e. The first kappa shape index (κ1) is 81.6. The number of esters is 2. The third kappa shape index (κ3) is 21.1. The van der Waals surface area contributed by atoms with Crippen molar-refractivity contribution in [1.29, 1.82) is 0 Å². The van der Waals surface area contributed by atoms with Crippen LogP contribution in [0.2, 0.25) is 0 Å². The average Bonchev–Trinajstić information content (AvgIpc) is 0.776. The average molecular weight is 1530 g/mol. The Morgan fingerprint density at radius 2 is 0.555 bits per heavy atom. The fourth-order valence-electron chi connectivity index (χ4n) is 13.1. The van der Waals surface area contributed by atoms with Gasteiger partial charge in [-0.25, -0.2) is 24.2 Å². The molecule has 0 aliphatic rings. The molecular weight excluding hydrogens is 1440 g/mol. The van der Waals surface area contributed by atoms with Gasteiger partial charge in [0.15, 0.2) is 0 Å². The lowest BCUT2D eigenvalue weighted by molar-refractivity contribution is -0.139. The number of carbonyl (C=O) groups is 3. The Hall–Kier alpha value is -10.9. The first-order valence-corrected chi connectivity index (χ1v) is 40.3. The highest BCUT2D eigenvalue weighted by atomic mass is 32.2. The molecule has 0 heterocycles. The SMILES string of the molecule is C=C(C)C(=O)OCCN=C=O.C=C(C)C(=O)OCCNC(=O)OC(CSC(c1ccccc1)(c1ccccc1)c1ccccc1)CSC(c1ccccc1)(c1ccccc1)c1ccccc1.OC(CSC(c1ccccc1)(c1ccccc1)c1ccccc1)CSC(c1ccccc1)(c1ccccc1)c1ccccc1. The van der Waals surface area contributed by atoms with Crippen LogP contribution in [0.1, 0.15) is 80.6 Å². The minimum atomic E-state index is -0.612. The summed E-state index contributed by atoms with van der Waals surface area (Å²) in [6.45, 7) is 10.5. The molecule has 0 saturated heterocycles. The van der Waals surface area contributed by atoms with Crippen LogP contribution in [-0.4, -0.2) is 90.7 Å². The van der Waals surface area contributed by atoms with E-state index in [-0.39, 0.29) is 26.3 Å². The maximum absolute atomic E-state index is 13.6. The van der Waals surface area contributed by atoms with Crippen LogP contribution in [0.25, 0.3) is 0 Å². The molecule has 0 spiro atoms. The van der Waals surface area contributed by atoms with Gasteiger partial charge in [0.05, 0.1) is 38.2 Å². The van der Waals surface area contributed by atoms with Crippen molar-refractivity contribution >= 4 is 71.2 Å². The molecule has 1 amide bonds. The summed E-state index contributed by atoms with van der Waals surface area (Å²) in [5.41, 5.74) is 14.6. The van der Waals surface area contributed by atoms with Crippen LogP contribution in [0, 0.1) is 0 Å². The van der Waals surface area contributed by atoms with Crippen LogP contribution in [-0.2, 0) is 47.6 Å². The number of nitrogens with zero attached hydrogens (tertiary/aromatic N) is 1. The molecule has 0 radical (unpaired) electrons. The number of hydrogen-bond donors (Lipinski definition) is 2. The molecular formula is C96H90N2O8S4. The summed E-state index contributed by atoms with van der Waals surface area (Å²) >= 11 is 7.13. The summed E-state index contributed by atoms with van der Waals surface area (Å²) in [7, 11) is 0. The van der Waals surface area contributed by atoms with Gasteiger partial charge in [0.1, 0.15) is 19.3 Å². The molecule has 0 aliphatic heterocycles. The van der Waals surface area contributed by atoms with Gasteiger partial charge in [-0.15, -0.1) is 47.0 Å². The van der Waals surface area contributed by atoms with Crippen LogP contribution in [0.5, 0.6) is 0 Å². The monoisotopic (exact) mass is 1530 g/mol. The Labute approximate surface area is 664 Å². The topological polar surface area (TPSA) is 141 Å². The van der Waals surface area contributed by atoms with E-state index in [9.17, 15) is 24.3 Å². The summed E-state index contributed by atoms with van der Waals surface area (Å²) in [6.07, 6.45) is -0.333. The second-order valence-electron chi connectivity index (χ2n) is 25.8. The number of carbonyl (C=O) groups excluding carboxylic acids is 4. The zero-order valence-electron chi connectivity index (χ0n) is 61.8. The molecule has 0 saturated carbocycles. The molecule has 0 aliphatic carbocycles. The van der Waals surface area contributed by atoms with E-state index in [0.29, 0.717) is 34.2 Å². The fourth-order valence-corrected chi connectivity index (χ4v) is 19.4. The maximum Gasteiger partial charge on any atom is 0.407 e. The number of ether oxygens (including phenoxy) is 3. The number of amides is 1. The molecule has 0 unspecified atom stereocenters. The third-order valence-corrected chi connectivity index (χ3v) is 24.9. The highest BCUT2D eigenvalue weighted by Crippen LogP contribution is 2.54. The zero-order chi connectivity index (χ0) is 77.1. The van der Waals surface area contributed by atoms with Gasteiger partial charge in [-0.2, -0.15) is 0 Å². The predicted octanol–water partition coefficient (Wildman–Crippen LogP) is 20.9. The van der Waals surface area contributed by atoms with Gasteiger partial charge in [0, 0.05) is 34.2 Å². The molecule has 2 N–H and O–H groups in total. The number of rotatable bonds is 33. The predicted molar refractivity (Wildman–Crippen MR) is 455 cm³/mol. The largest absolute Gasteiger partial charge is 0.460 e. The Morgan fingerprint density at radius 3 is 0.755 bits per heavy atom. The Balaban J connectivity index is 0.000000209. The summed E-state index contributed by atoms with van der Waals surface area (Å²) in [5.74, 6) is 1.11. The van der Waals surface area contributed by atoms with Crippen molar-refractivity contribution in [3.8, 4) is 0 Å². The summed E-state index contributed by atoms with van der Waals surface area (Å²) in [6, 6.07) is 127. The van der Waals surface area contributed by atoms with Crippen molar-refractivity contribution in [1.82, 2.24) is 5.32 Å². The van der Waals surface area contributed by atoms with Crippen molar-refractivity contribution < 1.29 is 38.5 Å². The lowest BCUT2D eigenvalue weighted by Crippen LogP contribution is -2.36. The van der Waals surface area contributed by atoms with E-state index in [2.05, 4.69) is 356 Å². The molecule has 0 fully saturated rings. The van der Waals surface area contributed by atoms with Crippen molar-refractivity contribution in [3.63, 3.8) is 0 Å². The van der Waals surface area contributed by atoms with Crippen LogP contribution >= 0.6 is 47.0 Å². The van der Waals surface area contributed by atoms with Crippen LogP contribution in [0.4, 0.5) is 4.79 Å². The number of aliphatic hydroxyl groups is 1. The quantitative estimate of drug-likeness (QED) is 0.00769. The molecule has 12 aromatic carbocycles. The van der Waals surface area contributed by atoms with Crippen LogP contribution < -0.4 is 5.32 Å². The smallest absolute Gasteiger partial charge is 0.407 e. The van der Waals surface area contributed by atoms with Crippen LogP contribution in [0.15, 0.2) is 393 Å². The second-order valence-corrected chi connectivity index (χ2v) is 30.7. The minimum absolute atomic E-state index is 0.00717. The first-order valence-electron chi connectivity index (χ1n) is 36.4. The van der Waals surface area contributed by atoms with E-state index in [4.69, 9.17) is 9.47 Å². The highest BCUT2D eigenvalue weighted by Gasteiger charge is 2.43. The highest BCUT2D eigenvalue weighted by molar-refractivity contribution is 8.02. The number of isocyanates is 1. The number of benzene rings is 12. The normalized spacial score (nSPS) is 11.3. The number of thioether (sulfide) groups is 4. The lowest BCUT2D eigenvalue weighted by atomic mass is 9.84. The molecule has 0 atom stereocenters. The fraction of sp³-hybridized carbons (Fsp3) is 0.167. The number of nitrogens with one attached hydrogen (secondary N) is 1. The maximum atomic E-state index is 13.6. The van der Waals surface area contributed by atoms with Gasteiger partial charge in [-0.05, 0) is 80.6 Å². The number of hydrogen-bond acceptors (Lipinski definition) is 13. The van der Waals surface area contributed by atoms with Crippen molar-refractivity contribution in [2.45, 2.75) is 45.0 Å². The summed E-state index contributed by atoms with van der Waals surface area (Å²) in [4.78, 5) is 48.9. The van der Waals surface area contributed by atoms with E-state index < -0.39 is 49.2 Å². The molecule has 0 aromatic heterocycles. The van der Waals surface area contributed by atoms with Gasteiger partial charge in [0.25, 0.3) is 0 Å². The Morgan fingerprint density at radius 1 is 0.355 bits per heavy atom. The van der Waals surface area contributed by atoms with Crippen molar-refractivity contribution in [2.24, 2.45) is 4.99 Å². The molecule has 10 nitrogen and oxygen atoms in total. The van der Waals surface area contributed by atoms with Crippen molar-refractivity contribution in [2.75, 3.05) is 49.3 Å². The molecule has 110 heavy (non-hydrogen) atoms.